The molecule has 0 spiro atoms. The normalized spacial score (nSPS) is 21.1. The quantitative estimate of drug-likeness (QED) is 0.735. The van der Waals surface area contributed by atoms with Gasteiger partial charge >= 0.3 is 0 Å². The molecule has 1 fully saturated rings. The van der Waals surface area contributed by atoms with Crippen LogP contribution in [0.15, 0.2) is 6.20 Å². The molecule has 0 N–H and O–H groups in total. The first kappa shape index (κ1) is 9.96. The van der Waals surface area contributed by atoms with E-state index in [1.165, 1.54) is 6.20 Å². The molecule has 1 saturated heterocycles. The molecule has 1 aromatic heterocycles. The monoisotopic (exact) mass is 234 g/mol. The molecule has 0 amide bonds. The second kappa shape index (κ2) is 4.29. The van der Waals surface area contributed by atoms with Gasteiger partial charge in [-0.05, 0) is 11.6 Å². The Hall–Kier alpha value is -0.580. The zero-order valence-electron chi connectivity index (χ0n) is 7.24. The molecule has 1 atom stereocenters. The minimum absolute atomic E-state index is 0.0125. The van der Waals surface area contributed by atoms with Crippen LogP contribution in [0.2, 0.25) is 10.3 Å². The molecule has 76 valence electrons. The Kier molecular flexibility index (Phi) is 3.05. The van der Waals surface area contributed by atoms with E-state index in [2.05, 4.69) is 9.97 Å². The molecule has 2 heterocycles. The zero-order valence-corrected chi connectivity index (χ0v) is 8.75. The summed E-state index contributed by atoms with van der Waals surface area (Å²) in [6, 6.07) is 0. The Balaban J connectivity index is 2.10. The van der Waals surface area contributed by atoms with Crippen molar-refractivity contribution in [2.45, 2.75) is 12.5 Å². The van der Waals surface area contributed by atoms with E-state index in [4.69, 9.17) is 32.7 Å². The van der Waals surface area contributed by atoms with Crippen LogP contribution in [-0.2, 0) is 4.74 Å². The molecule has 4 nitrogen and oxygen atoms in total. The average molecular weight is 235 g/mol. The van der Waals surface area contributed by atoms with Gasteiger partial charge in [0.1, 0.15) is 11.1 Å². The molecule has 1 aliphatic rings. The van der Waals surface area contributed by atoms with Crippen molar-refractivity contribution < 1.29 is 9.47 Å². The van der Waals surface area contributed by atoms with Crippen LogP contribution < -0.4 is 4.74 Å². The fraction of sp³-hybridized carbons (Fsp3) is 0.500. The maximum absolute atomic E-state index is 5.83. The Morgan fingerprint density at radius 3 is 3.07 bits per heavy atom. The second-order valence-corrected chi connectivity index (χ2v) is 3.64. The molecule has 0 aliphatic carbocycles. The summed E-state index contributed by atoms with van der Waals surface area (Å²) < 4.78 is 10.6. The van der Waals surface area contributed by atoms with Crippen LogP contribution in [0.4, 0.5) is 0 Å². The average Bonchev–Trinajstić information content (AvgIpc) is 2.64. The molecule has 1 aromatic rings. The molecule has 0 saturated carbocycles. The van der Waals surface area contributed by atoms with Gasteiger partial charge in [-0.1, -0.05) is 11.6 Å². The molecule has 0 aromatic carbocycles. The molecule has 14 heavy (non-hydrogen) atoms. The maximum atomic E-state index is 5.83. The highest BCUT2D eigenvalue weighted by molar-refractivity contribution is 6.32. The van der Waals surface area contributed by atoms with Gasteiger partial charge < -0.3 is 9.47 Å². The van der Waals surface area contributed by atoms with Gasteiger partial charge in [0.25, 0.3) is 0 Å². The maximum Gasteiger partial charge on any atom is 0.237 e. The minimum atomic E-state index is 0.0125. The van der Waals surface area contributed by atoms with Gasteiger partial charge in [0.2, 0.25) is 11.2 Å². The van der Waals surface area contributed by atoms with Crippen LogP contribution in [0.1, 0.15) is 6.42 Å². The van der Waals surface area contributed by atoms with Gasteiger partial charge in [-0.15, -0.1) is 0 Å². The van der Waals surface area contributed by atoms with E-state index in [0.717, 1.165) is 6.42 Å². The summed E-state index contributed by atoms with van der Waals surface area (Å²) in [5.41, 5.74) is 0. The number of aromatic nitrogens is 2. The van der Waals surface area contributed by atoms with Crippen molar-refractivity contribution in [3.8, 4) is 5.88 Å². The van der Waals surface area contributed by atoms with E-state index in [9.17, 15) is 0 Å². The molecule has 0 radical (unpaired) electrons. The van der Waals surface area contributed by atoms with Crippen LogP contribution in [-0.4, -0.2) is 29.3 Å². The summed E-state index contributed by atoms with van der Waals surface area (Å²) in [4.78, 5) is 7.61. The number of hydrogen-bond acceptors (Lipinski definition) is 4. The fourth-order valence-electron chi connectivity index (χ4n) is 1.18. The van der Waals surface area contributed by atoms with E-state index in [1.807, 2.05) is 0 Å². The summed E-state index contributed by atoms with van der Waals surface area (Å²) in [6.45, 7) is 1.28. The minimum Gasteiger partial charge on any atom is -0.471 e. The van der Waals surface area contributed by atoms with E-state index in [1.54, 1.807) is 0 Å². The zero-order chi connectivity index (χ0) is 9.97. The smallest absolute Gasteiger partial charge is 0.237 e. The van der Waals surface area contributed by atoms with Gasteiger partial charge in [0.05, 0.1) is 19.4 Å². The van der Waals surface area contributed by atoms with Gasteiger partial charge in [-0.2, -0.15) is 4.98 Å². The summed E-state index contributed by atoms with van der Waals surface area (Å²) >= 11 is 11.4. The SMILES string of the molecule is Clc1ncc(Cl)c(OC2CCOC2)n1. The van der Waals surface area contributed by atoms with Crippen molar-refractivity contribution >= 4 is 23.2 Å². The first-order valence-electron chi connectivity index (χ1n) is 4.18. The Bertz CT molecular complexity index is 329. The Morgan fingerprint density at radius 1 is 1.50 bits per heavy atom. The van der Waals surface area contributed by atoms with Crippen LogP contribution in [0.3, 0.4) is 0 Å². The third kappa shape index (κ3) is 2.26. The van der Waals surface area contributed by atoms with Crippen molar-refractivity contribution in [2.24, 2.45) is 0 Å². The van der Waals surface area contributed by atoms with Crippen LogP contribution in [0, 0.1) is 0 Å². The van der Waals surface area contributed by atoms with Gasteiger partial charge in [-0.25, -0.2) is 4.98 Å². The first-order valence-corrected chi connectivity index (χ1v) is 4.94. The third-order valence-corrected chi connectivity index (χ3v) is 2.29. The summed E-state index contributed by atoms with van der Waals surface area (Å²) in [5.74, 6) is 0.321. The highest BCUT2D eigenvalue weighted by atomic mass is 35.5. The van der Waals surface area contributed by atoms with Crippen molar-refractivity contribution in [1.29, 1.82) is 0 Å². The number of ether oxygens (including phenoxy) is 2. The van der Waals surface area contributed by atoms with Gasteiger partial charge in [0.15, 0.2) is 0 Å². The largest absolute Gasteiger partial charge is 0.471 e. The van der Waals surface area contributed by atoms with E-state index >= 15 is 0 Å². The first-order chi connectivity index (χ1) is 6.75. The van der Waals surface area contributed by atoms with Crippen LogP contribution >= 0.6 is 23.2 Å². The molecule has 2 rings (SSSR count). The number of halogens is 2. The summed E-state index contributed by atoms with van der Waals surface area (Å²) in [6.07, 6.45) is 2.28. The van der Waals surface area contributed by atoms with Crippen molar-refractivity contribution in [3.63, 3.8) is 0 Å². The van der Waals surface area contributed by atoms with E-state index in [0.29, 0.717) is 24.1 Å². The van der Waals surface area contributed by atoms with Crippen LogP contribution in [0.25, 0.3) is 0 Å². The standard InChI is InChI=1S/C8H8Cl2N2O2/c9-6-3-11-8(10)12-7(6)14-5-1-2-13-4-5/h3,5H,1-2,4H2. The Morgan fingerprint density at radius 2 is 2.36 bits per heavy atom. The lowest BCUT2D eigenvalue weighted by atomic mass is 10.3. The van der Waals surface area contributed by atoms with Gasteiger partial charge in [-0.3, -0.25) is 0 Å². The summed E-state index contributed by atoms with van der Waals surface area (Å²) in [7, 11) is 0. The predicted octanol–water partition coefficient (Wildman–Crippen LogP) is 1.95. The molecule has 1 unspecified atom stereocenters. The molecular weight excluding hydrogens is 227 g/mol. The predicted molar refractivity (Wildman–Crippen MR) is 51.9 cm³/mol. The number of rotatable bonds is 2. The third-order valence-electron chi connectivity index (χ3n) is 1.85. The summed E-state index contributed by atoms with van der Waals surface area (Å²) in [5, 5.41) is 0.490. The Labute approximate surface area is 91.2 Å². The molecule has 1 aliphatic heterocycles. The number of hydrogen-bond donors (Lipinski definition) is 0. The van der Waals surface area contributed by atoms with Crippen molar-refractivity contribution in [3.05, 3.63) is 16.5 Å². The molecular formula is C8H8Cl2N2O2. The van der Waals surface area contributed by atoms with Gasteiger partial charge in [0, 0.05) is 6.42 Å². The lowest BCUT2D eigenvalue weighted by Crippen LogP contribution is -2.16. The van der Waals surface area contributed by atoms with E-state index in [-0.39, 0.29) is 11.4 Å². The topological polar surface area (TPSA) is 44.2 Å². The lowest BCUT2D eigenvalue weighted by Gasteiger charge is -2.11. The number of nitrogens with zero attached hydrogens (tertiary/aromatic N) is 2. The van der Waals surface area contributed by atoms with Crippen molar-refractivity contribution in [1.82, 2.24) is 9.97 Å². The van der Waals surface area contributed by atoms with E-state index < -0.39 is 0 Å². The highest BCUT2D eigenvalue weighted by Crippen LogP contribution is 2.24. The lowest BCUT2D eigenvalue weighted by molar-refractivity contribution is 0.138. The second-order valence-electron chi connectivity index (χ2n) is 2.90. The van der Waals surface area contributed by atoms with Crippen LogP contribution in [0.5, 0.6) is 5.88 Å². The molecule has 6 heteroatoms. The van der Waals surface area contributed by atoms with Crippen molar-refractivity contribution in [2.75, 3.05) is 13.2 Å². The molecule has 0 bridgehead atoms. The highest BCUT2D eigenvalue weighted by Gasteiger charge is 2.19. The fourth-order valence-corrected chi connectivity index (χ4v) is 1.44.